The van der Waals surface area contributed by atoms with E-state index >= 15 is 0 Å². The van der Waals surface area contributed by atoms with Crippen LogP contribution in [0.1, 0.15) is 34.6 Å². The third-order valence-corrected chi connectivity index (χ3v) is 5.17. The van der Waals surface area contributed by atoms with Gasteiger partial charge in [-0.15, -0.1) is 0 Å². The molecule has 0 aliphatic carbocycles. The number of piperidine rings is 1. The molecule has 2 saturated heterocycles. The number of aromatic nitrogens is 2. The van der Waals surface area contributed by atoms with Gasteiger partial charge in [0, 0.05) is 43.5 Å². The Bertz CT molecular complexity index is 769. The van der Waals surface area contributed by atoms with Crippen molar-refractivity contribution in [3.8, 4) is 5.82 Å². The molecule has 4 rings (SSSR count). The highest BCUT2D eigenvalue weighted by Crippen LogP contribution is 2.32. The van der Waals surface area contributed by atoms with E-state index in [4.69, 9.17) is 9.47 Å². The van der Waals surface area contributed by atoms with Crippen LogP contribution in [0.3, 0.4) is 0 Å². The van der Waals surface area contributed by atoms with Crippen LogP contribution in [-0.4, -0.2) is 52.4 Å². The first kappa shape index (κ1) is 16.3. The lowest BCUT2D eigenvalue weighted by atomic mass is 10.0. The summed E-state index contributed by atoms with van der Waals surface area (Å²) < 4.78 is 13.5. The number of carbonyl (C=O) groups excluding carboxylic acids is 1. The lowest BCUT2D eigenvalue weighted by molar-refractivity contribution is -0.181. The van der Waals surface area contributed by atoms with E-state index < -0.39 is 5.79 Å². The molecule has 2 aliphatic heterocycles. The quantitative estimate of drug-likeness (QED) is 0.842. The van der Waals surface area contributed by atoms with E-state index in [1.165, 1.54) is 0 Å². The van der Waals surface area contributed by atoms with Gasteiger partial charge in [-0.1, -0.05) is 6.07 Å². The maximum Gasteiger partial charge on any atom is 0.255 e. The number of hydrogen-bond acceptors (Lipinski definition) is 4. The van der Waals surface area contributed by atoms with Gasteiger partial charge in [0.2, 0.25) is 0 Å². The highest BCUT2D eigenvalue weighted by Gasteiger charge is 2.41. The van der Waals surface area contributed by atoms with Gasteiger partial charge in [-0.2, -0.15) is 0 Å². The van der Waals surface area contributed by atoms with Crippen molar-refractivity contribution in [2.75, 3.05) is 26.3 Å². The number of likely N-dealkylation sites (tertiary alicyclic amines) is 1. The first-order chi connectivity index (χ1) is 12.1. The first-order valence-electron chi connectivity index (χ1n) is 8.77. The molecule has 0 bridgehead atoms. The van der Waals surface area contributed by atoms with E-state index in [-0.39, 0.29) is 5.91 Å². The van der Waals surface area contributed by atoms with Gasteiger partial charge < -0.3 is 18.9 Å². The summed E-state index contributed by atoms with van der Waals surface area (Å²) in [5, 5.41) is 0. The number of hydrogen-bond donors (Lipinski definition) is 0. The smallest absolute Gasteiger partial charge is 0.255 e. The minimum Gasteiger partial charge on any atom is -0.347 e. The number of carbonyl (C=O) groups is 1. The fourth-order valence-corrected chi connectivity index (χ4v) is 3.82. The Morgan fingerprint density at radius 3 is 2.52 bits per heavy atom. The maximum atomic E-state index is 13.0. The van der Waals surface area contributed by atoms with Crippen molar-refractivity contribution < 1.29 is 14.3 Å². The summed E-state index contributed by atoms with van der Waals surface area (Å²) >= 11 is 0. The largest absolute Gasteiger partial charge is 0.347 e. The van der Waals surface area contributed by atoms with Gasteiger partial charge in [0.1, 0.15) is 5.82 Å². The van der Waals surface area contributed by atoms with Gasteiger partial charge in [-0.25, -0.2) is 4.98 Å². The number of nitrogens with zero attached hydrogens (tertiary/aromatic N) is 3. The molecule has 0 saturated carbocycles. The van der Waals surface area contributed by atoms with Crippen LogP contribution in [0.25, 0.3) is 5.82 Å². The van der Waals surface area contributed by atoms with Crippen molar-refractivity contribution >= 4 is 5.91 Å². The summed E-state index contributed by atoms with van der Waals surface area (Å²) in [7, 11) is 0. The second-order valence-corrected chi connectivity index (χ2v) is 6.71. The SMILES string of the molecule is Cc1cc(C(=O)N2CCC3(CC2)OCCO3)c(C)n1-c1ccccn1. The second kappa shape index (κ2) is 6.28. The third-order valence-electron chi connectivity index (χ3n) is 5.17. The minimum atomic E-state index is -0.457. The zero-order valence-electron chi connectivity index (χ0n) is 14.7. The van der Waals surface area contributed by atoms with Gasteiger partial charge in [-0.05, 0) is 32.0 Å². The minimum absolute atomic E-state index is 0.0723. The highest BCUT2D eigenvalue weighted by molar-refractivity contribution is 5.96. The molecule has 2 aromatic rings. The molecule has 4 heterocycles. The average molecular weight is 341 g/mol. The van der Waals surface area contributed by atoms with Gasteiger partial charge in [0.25, 0.3) is 5.91 Å². The number of pyridine rings is 1. The third kappa shape index (κ3) is 2.85. The Labute approximate surface area is 147 Å². The fourth-order valence-electron chi connectivity index (χ4n) is 3.82. The molecule has 0 unspecified atom stereocenters. The Kier molecular flexibility index (Phi) is 4.09. The van der Waals surface area contributed by atoms with Crippen LogP contribution in [0.15, 0.2) is 30.5 Å². The molecule has 1 amide bonds. The Morgan fingerprint density at radius 2 is 1.88 bits per heavy atom. The summed E-state index contributed by atoms with van der Waals surface area (Å²) in [4.78, 5) is 19.3. The molecule has 2 aromatic heterocycles. The summed E-state index contributed by atoms with van der Waals surface area (Å²) in [5.41, 5.74) is 2.68. The standard InChI is InChI=1S/C19H23N3O3/c1-14-13-16(15(2)22(14)17-5-3-4-8-20-17)18(23)21-9-6-19(7-10-21)24-11-12-25-19/h3-5,8,13H,6-7,9-12H2,1-2H3. The molecule has 2 fully saturated rings. The van der Waals surface area contributed by atoms with Gasteiger partial charge in [0.05, 0.1) is 18.8 Å². The summed E-state index contributed by atoms with van der Waals surface area (Å²) in [5.74, 6) is 0.451. The predicted molar refractivity (Wildman–Crippen MR) is 92.8 cm³/mol. The summed E-state index contributed by atoms with van der Waals surface area (Å²) in [6.45, 7) is 6.60. The summed E-state index contributed by atoms with van der Waals surface area (Å²) in [6.07, 6.45) is 3.23. The van der Waals surface area contributed by atoms with Crippen molar-refractivity contribution in [3.05, 3.63) is 47.4 Å². The molecule has 0 atom stereocenters. The van der Waals surface area contributed by atoms with Crippen LogP contribution in [-0.2, 0) is 9.47 Å². The van der Waals surface area contributed by atoms with Crippen LogP contribution in [0.2, 0.25) is 0 Å². The van der Waals surface area contributed by atoms with Crippen LogP contribution in [0, 0.1) is 13.8 Å². The molecule has 6 heteroatoms. The number of ether oxygens (including phenoxy) is 2. The van der Waals surface area contributed by atoms with E-state index in [1.807, 2.05) is 47.6 Å². The molecule has 132 valence electrons. The Balaban J connectivity index is 1.55. The molecule has 25 heavy (non-hydrogen) atoms. The number of rotatable bonds is 2. The topological polar surface area (TPSA) is 56.6 Å². The molecule has 6 nitrogen and oxygen atoms in total. The monoisotopic (exact) mass is 341 g/mol. The lowest BCUT2D eigenvalue weighted by Gasteiger charge is -2.37. The molecule has 0 aromatic carbocycles. The van der Waals surface area contributed by atoms with E-state index in [0.29, 0.717) is 26.3 Å². The zero-order valence-corrected chi connectivity index (χ0v) is 14.7. The maximum absolute atomic E-state index is 13.0. The van der Waals surface area contributed by atoms with Gasteiger partial charge in [0.15, 0.2) is 5.79 Å². The summed E-state index contributed by atoms with van der Waals surface area (Å²) in [6, 6.07) is 7.75. The van der Waals surface area contributed by atoms with Crippen molar-refractivity contribution in [1.29, 1.82) is 0 Å². The molecule has 2 aliphatic rings. The van der Waals surface area contributed by atoms with E-state index in [9.17, 15) is 4.79 Å². The molecule has 0 radical (unpaired) electrons. The molecular formula is C19H23N3O3. The van der Waals surface area contributed by atoms with Crippen LogP contribution >= 0.6 is 0 Å². The van der Waals surface area contributed by atoms with Gasteiger partial charge >= 0.3 is 0 Å². The second-order valence-electron chi connectivity index (χ2n) is 6.71. The highest BCUT2D eigenvalue weighted by atomic mass is 16.7. The average Bonchev–Trinajstić information content (AvgIpc) is 3.20. The molecule has 1 spiro atoms. The first-order valence-corrected chi connectivity index (χ1v) is 8.77. The number of aryl methyl sites for hydroxylation is 1. The van der Waals surface area contributed by atoms with Crippen LogP contribution < -0.4 is 0 Å². The molecule has 0 N–H and O–H groups in total. The zero-order chi connectivity index (χ0) is 17.4. The van der Waals surface area contributed by atoms with Crippen molar-refractivity contribution in [3.63, 3.8) is 0 Å². The van der Waals surface area contributed by atoms with Crippen molar-refractivity contribution in [2.24, 2.45) is 0 Å². The van der Waals surface area contributed by atoms with E-state index in [2.05, 4.69) is 4.98 Å². The lowest BCUT2D eigenvalue weighted by Crippen LogP contribution is -2.47. The fraction of sp³-hybridized carbons (Fsp3) is 0.474. The van der Waals surface area contributed by atoms with Crippen molar-refractivity contribution in [1.82, 2.24) is 14.5 Å². The Hall–Kier alpha value is -2.18. The van der Waals surface area contributed by atoms with E-state index in [1.54, 1.807) is 6.20 Å². The Morgan fingerprint density at radius 1 is 1.16 bits per heavy atom. The van der Waals surface area contributed by atoms with Gasteiger partial charge in [-0.3, -0.25) is 4.79 Å². The predicted octanol–water partition coefficient (Wildman–Crippen LogP) is 2.47. The number of amides is 1. The van der Waals surface area contributed by atoms with Crippen LogP contribution in [0.5, 0.6) is 0 Å². The van der Waals surface area contributed by atoms with E-state index in [0.717, 1.165) is 35.6 Å². The van der Waals surface area contributed by atoms with Crippen molar-refractivity contribution in [2.45, 2.75) is 32.5 Å². The molecular weight excluding hydrogens is 318 g/mol. The van der Waals surface area contributed by atoms with Crippen LogP contribution in [0.4, 0.5) is 0 Å². The normalized spacial score (nSPS) is 19.5.